The molecular weight excluding hydrogens is 653 g/mol. The fraction of sp³-hybridized carbons (Fsp3) is 0.567. The molecule has 0 spiro atoms. The third-order valence-electron chi connectivity index (χ3n) is 6.40. The zero-order chi connectivity index (χ0) is 32.1. The van der Waals surface area contributed by atoms with E-state index < -0.39 is 0 Å². The third-order valence-corrected chi connectivity index (χ3v) is 9.83. The molecule has 6 rings (SSSR count). The topological polar surface area (TPSA) is 94.5 Å². The first kappa shape index (κ1) is 37.4. The van der Waals surface area contributed by atoms with Gasteiger partial charge in [0.2, 0.25) is 0 Å². The van der Waals surface area contributed by atoms with Gasteiger partial charge >= 0.3 is 0 Å². The van der Waals surface area contributed by atoms with Crippen LogP contribution < -0.4 is 9.80 Å². The van der Waals surface area contributed by atoms with Crippen molar-refractivity contribution in [3.05, 3.63) is 61.7 Å². The number of piperazine rings is 1. The number of methoxy groups -OCH3 is 4. The van der Waals surface area contributed by atoms with Crippen LogP contribution in [0.15, 0.2) is 40.8 Å². The summed E-state index contributed by atoms with van der Waals surface area (Å²) in [7, 11) is 8.97. The van der Waals surface area contributed by atoms with Gasteiger partial charge in [-0.05, 0) is 41.0 Å². The van der Waals surface area contributed by atoms with Gasteiger partial charge in [-0.2, -0.15) is 11.3 Å². The molecule has 0 amide bonds. The summed E-state index contributed by atoms with van der Waals surface area (Å²) in [5.41, 5.74) is 2.41. The number of likely N-dealkylation sites (N-methyl/N-ethyl adjacent to an activating group) is 1. The molecule has 4 aromatic heterocycles. The van der Waals surface area contributed by atoms with Crippen molar-refractivity contribution in [1.82, 2.24) is 19.2 Å². The van der Waals surface area contributed by atoms with Crippen LogP contribution in [-0.4, -0.2) is 107 Å². The maximum atomic E-state index is 5.29. The molecule has 0 bridgehead atoms. The highest BCUT2D eigenvalue weighted by Gasteiger charge is 2.17. The second kappa shape index (κ2) is 22.5. The predicted octanol–water partition coefficient (Wildman–Crippen LogP) is 5.35. The summed E-state index contributed by atoms with van der Waals surface area (Å²) >= 11 is 6.58. The minimum atomic E-state index is 0.655. The van der Waals surface area contributed by atoms with Crippen molar-refractivity contribution in [1.29, 1.82) is 0 Å². The van der Waals surface area contributed by atoms with Crippen molar-refractivity contribution in [3.8, 4) is 0 Å². The minimum absolute atomic E-state index is 0.655. The smallest absolute Gasteiger partial charge is 0.185 e. The predicted molar refractivity (Wildman–Crippen MR) is 186 cm³/mol. The molecule has 0 aromatic carbocycles. The van der Waals surface area contributed by atoms with Crippen molar-refractivity contribution >= 4 is 55.8 Å². The number of rotatable bonds is 10. The normalized spacial score (nSPS) is 15.0. The summed E-state index contributed by atoms with van der Waals surface area (Å²) in [5, 5.41) is 8.33. The quantitative estimate of drug-likeness (QED) is 0.215. The Morgan fingerprint density at radius 2 is 1.24 bits per heavy atom. The zero-order valence-corrected chi connectivity index (χ0v) is 30.2. The number of aromatic nitrogens is 3. The van der Waals surface area contributed by atoms with Crippen molar-refractivity contribution in [2.24, 2.45) is 0 Å². The molecule has 11 nitrogen and oxygen atoms in total. The van der Waals surface area contributed by atoms with Gasteiger partial charge in [0, 0.05) is 97.2 Å². The van der Waals surface area contributed by atoms with Crippen LogP contribution in [0.2, 0.25) is 0 Å². The number of thiophene rings is 1. The monoisotopic (exact) mass is 698 g/mol. The van der Waals surface area contributed by atoms with Crippen LogP contribution in [0.1, 0.15) is 20.9 Å². The van der Waals surface area contributed by atoms with E-state index in [1.807, 2.05) is 29.4 Å². The highest BCUT2D eigenvalue weighted by Crippen LogP contribution is 2.24. The molecule has 15 heteroatoms. The average molecular weight is 699 g/mol. The molecule has 0 radical (unpaired) electrons. The minimum Gasteiger partial charge on any atom is -0.380 e. The van der Waals surface area contributed by atoms with Gasteiger partial charge in [0.15, 0.2) is 10.3 Å². The molecule has 0 N–H and O–H groups in total. The third kappa shape index (κ3) is 14.5. The fourth-order valence-corrected chi connectivity index (χ4v) is 7.11. The summed E-state index contributed by atoms with van der Waals surface area (Å²) in [6, 6.07) is 2.06. The molecule has 0 saturated carbocycles. The molecule has 250 valence electrons. The molecule has 0 unspecified atom stereocenters. The number of anilines is 2. The Kier molecular flexibility index (Phi) is 18.7. The van der Waals surface area contributed by atoms with Gasteiger partial charge < -0.3 is 38.4 Å². The summed E-state index contributed by atoms with van der Waals surface area (Å²) in [6.45, 7) is 10.6. The highest BCUT2D eigenvalue weighted by atomic mass is 32.1. The lowest BCUT2D eigenvalue weighted by Crippen LogP contribution is -2.44. The number of nitrogens with zero attached hydrogens (tertiary/aromatic N) is 6. The van der Waals surface area contributed by atoms with Crippen LogP contribution in [0.3, 0.4) is 0 Å². The summed E-state index contributed by atoms with van der Waals surface area (Å²) in [4.78, 5) is 18.1. The Morgan fingerprint density at radius 3 is 1.73 bits per heavy atom. The van der Waals surface area contributed by atoms with Crippen molar-refractivity contribution < 1.29 is 23.7 Å². The van der Waals surface area contributed by atoms with E-state index in [2.05, 4.69) is 47.5 Å². The van der Waals surface area contributed by atoms with Crippen LogP contribution in [0.4, 0.5) is 10.3 Å². The lowest BCUT2D eigenvalue weighted by molar-refractivity contribution is 0.122. The molecular formula is C30H46N6O5S4. The zero-order valence-electron chi connectivity index (χ0n) is 26.9. The van der Waals surface area contributed by atoms with Gasteiger partial charge in [-0.1, -0.05) is 22.7 Å². The second-order valence-electron chi connectivity index (χ2n) is 10.0. The van der Waals surface area contributed by atoms with Crippen molar-refractivity contribution in [2.75, 3.05) is 97.8 Å². The second-order valence-corrected chi connectivity index (χ2v) is 13.6. The van der Waals surface area contributed by atoms with Gasteiger partial charge in [-0.15, -0.1) is 0 Å². The van der Waals surface area contributed by atoms with Gasteiger partial charge in [0.05, 0.1) is 49.4 Å². The first-order valence-corrected chi connectivity index (χ1v) is 18.0. The Labute approximate surface area is 283 Å². The van der Waals surface area contributed by atoms with Crippen LogP contribution >= 0.6 is 45.5 Å². The van der Waals surface area contributed by atoms with E-state index in [-0.39, 0.29) is 0 Å². The Balaban J connectivity index is 0.000000170. The van der Waals surface area contributed by atoms with Gasteiger partial charge in [-0.3, -0.25) is 0 Å². The SMILES string of the molecule is COCc1ccsc1.COCc1cnc(N2CCN(C)CC2)s1.COCc1cnc(N2CCOCC2)s1.COCc1cnsc1. The van der Waals surface area contributed by atoms with Gasteiger partial charge in [0.25, 0.3) is 0 Å². The van der Waals surface area contributed by atoms with E-state index in [9.17, 15) is 0 Å². The number of ether oxygens (including phenoxy) is 5. The van der Waals surface area contributed by atoms with E-state index in [1.54, 1.807) is 62.4 Å². The van der Waals surface area contributed by atoms with Crippen molar-refractivity contribution in [2.45, 2.75) is 26.4 Å². The Morgan fingerprint density at radius 1 is 0.689 bits per heavy atom. The maximum absolute atomic E-state index is 5.29. The van der Waals surface area contributed by atoms with Gasteiger partial charge in [0.1, 0.15) is 0 Å². The largest absolute Gasteiger partial charge is 0.380 e. The fourth-order valence-electron chi connectivity index (χ4n) is 4.06. The number of morpholine rings is 1. The van der Waals surface area contributed by atoms with Crippen LogP contribution in [0, 0.1) is 0 Å². The highest BCUT2D eigenvalue weighted by molar-refractivity contribution is 7.15. The Hall–Kier alpha value is -2.05. The number of thiazole rings is 2. The molecule has 0 aliphatic carbocycles. The molecule has 2 fully saturated rings. The van der Waals surface area contributed by atoms with E-state index in [0.717, 1.165) is 74.9 Å². The van der Waals surface area contributed by atoms with E-state index in [0.29, 0.717) is 19.8 Å². The molecule has 4 aromatic rings. The number of hydrogen-bond acceptors (Lipinski definition) is 15. The van der Waals surface area contributed by atoms with Crippen LogP contribution in [-0.2, 0) is 50.1 Å². The first-order valence-electron chi connectivity index (χ1n) is 14.6. The summed E-state index contributed by atoms with van der Waals surface area (Å²) in [5.74, 6) is 0. The average Bonchev–Trinajstić information content (AvgIpc) is 3.90. The number of hydrogen-bond donors (Lipinski definition) is 0. The summed E-state index contributed by atoms with van der Waals surface area (Å²) < 4.78 is 29.1. The first-order chi connectivity index (χ1) is 22.1. The Bertz CT molecular complexity index is 1210. The molecule has 45 heavy (non-hydrogen) atoms. The molecule has 6 heterocycles. The van der Waals surface area contributed by atoms with Gasteiger partial charge in [-0.25, -0.2) is 14.3 Å². The maximum Gasteiger partial charge on any atom is 0.185 e. The van der Waals surface area contributed by atoms with Crippen LogP contribution in [0.5, 0.6) is 0 Å². The van der Waals surface area contributed by atoms with E-state index in [1.165, 1.54) is 26.9 Å². The van der Waals surface area contributed by atoms with Crippen molar-refractivity contribution in [3.63, 3.8) is 0 Å². The lowest BCUT2D eigenvalue weighted by atomic mass is 10.3. The van der Waals surface area contributed by atoms with Crippen LogP contribution in [0.25, 0.3) is 0 Å². The molecule has 0 atom stereocenters. The lowest BCUT2D eigenvalue weighted by Gasteiger charge is -2.32. The molecule has 2 aliphatic heterocycles. The standard InChI is InChI=1S/C10H17N3OS.C9H14N2O2S.C6H8OS.C5H7NOS/c1-12-3-5-13(6-4-12)10-11-7-9(15-10)8-14-2;1-12-7-8-6-10-9(14-8)11-2-4-13-5-3-11;1-7-4-6-2-3-8-5-6;1-7-3-5-2-6-8-4-5/h7H,3-6,8H2,1-2H3;6H,2-5,7H2,1H3;2-3,5H,4H2,1H3;2,4H,3H2,1H3. The van der Waals surface area contributed by atoms with E-state index >= 15 is 0 Å². The molecule has 2 aliphatic rings. The van der Waals surface area contributed by atoms with E-state index in [4.69, 9.17) is 23.7 Å². The molecule has 2 saturated heterocycles. The summed E-state index contributed by atoms with van der Waals surface area (Å²) in [6.07, 6.45) is 5.62.